The van der Waals surface area contributed by atoms with E-state index >= 15 is 0 Å². The largest absolute Gasteiger partial charge is 0.387 e. The van der Waals surface area contributed by atoms with Crippen molar-refractivity contribution in [1.82, 2.24) is 5.32 Å². The molecule has 1 atom stereocenters. The minimum absolute atomic E-state index is 0. The topological polar surface area (TPSA) is 75.3 Å². The minimum Gasteiger partial charge on any atom is -0.387 e. The van der Waals surface area contributed by atoms with Crippen LogP contribution in [0.15, 0.2) is 24.3 Å². The Balaban J connectivity index is 0.00000162. The normalized spacial score (nSPS) is 17.5. The van der Waals surface area contributed by atoms with Crippen molar-refractivity contribution in [3.05, 3.63) is 35.4 Å². The minimum atomic E-state index is -0.678. The van der Waals surface area contributed by atoms with Crippen molar-refractivity contribution in [3.63, 3.8) is 0 Å². The molecule has 18 heavy (non-hydrogen) atoms. The summed E-state index contributed by atoms with van der Waals surface area (Å²) in [6.07, 6.45) is 0.793. The third-order valence-corrected chi connectivity index (χ3v) is 3.24. The Kier molecular flexibility index (Phi) is 4.73. The third-order valence-electron chi connectivity index (χ3n) is 3.24. The van der Waals surface area contributed by atoms with Crippen LogP contribution in [0, 0.1) is 6.92 Å². The van der Waals surface area contributed by atoms with Crippen LogP contribution in [0.4, 0.5) is 0 Å². The van der Waals surface area contributed by atoms with Gasteiger partial charge in [0.1, 0.15) is 0 Å². The molecule has 1 fully saturated rings. The lowest BCUT2D eigenvalue weighted by molar-refractivity contribution is -0.123. The fraction of sp³-hybridized carbons (Fsp3) is 0.462. The SMILES string of the molecule is Cc1ccccc1C(O)CNC(=O)C1(N)CC1.Cl. The van der Waals surface area contributed by atoms with Gasteiger partial charge in [0.2, 0.25) is 5.91 Å². The van der Waals surface area contributed by atoms with Crippen LogP contribution in [0.3, 0.4) is 0 Å². The van der Waals surface area contributed by atoms with Gasteiger partial charge in [0.15, 0.2) is 0 Å². The Morgan fingerprint density at radius 1 is 1.50 bits per heavy atom. The smallest absolute Gasteiger partial charge is 0.240 e. The molecule has 100 valence electrons. The van der Waals surface area contributed by atoms with E-state index in [1.54, 1.807) is 0 Å². The summed E-state index contributed by atoms with van der Waals surface area (Å²) in [6, 6.07) is 7.59. The highest BCUT2D eigenvalue weighted by Gasteiger charge is 2.45. The van der Waals surface area contributed by atoms with Crippen LogP contribution in [-0.2, 0) is 4.79 Å². The summed E-state index contributed by atoms with van der Waals surface area (Å²) in [5, 5.41) is 12.7. The lowest BCUT2D eigenvalue weighted by Gasteiger charge is -2.16. The van der Waals surface area contributed by atoms with Crippen molar-refractivity contribution in [2.45, 2.75) is 31.4 Å². The second-order valence-corrected chi connectivity index (χ2v) is 4.74. The first-order chi connectivity index (χ1) is 8.03. The molecule has 0 heterocycles. The van der Waals surface area contributed by atoms with E-state index in [1.165, 1.54) is 0 Å². The second-order valence-electron chi connectivity index (χ2n) is 4.74. The van der Waals surface area contributed by atoms with Crippen molar-refractivity contribution in [1.29, 1.82) is 0 Å². The number of amides is 1. The summed E-state index contributed by atoms with van der Waals surface area (Å²) < 4.78 is 0. The third kappa shape index (κ3) is 3.22. The Bertz CT molecular complexity index is 433. The van der Waals surface area contributed by atoms with Gasteiger partial charge >= 0.3 is 0 Å². The summed E-state index contributed by atoms with van der Waals surface area (Å²) in [5.74, 6) is -0.162. The van der Waals surface area contributed by atoms with Crippen molar-refractivity contribution in [2.24, 2.45) is 5.73 Å². The highest BCUT2D eigenvalue weighted by atomic mass is 35.5. The van der Waals surface area contributed by atoms with Gasteiger partial charge in [-0.1, -0.05) is 24.3 Å². The quantitative estimate of drug-likeness (QED) is 0.766. The van der Waals surface area contributed by atoms with Gasteiger partial charge in [-0.15, -0.1) is 12.4 Å². The van der Waals surface area contributed by atoms with Gasteiger partial charge in [-0.2, -0.15) is 0 Å². The number of carbonyl (C=O) groups is 1. The van der Waals surface area contributed by atoms with Crippen molar-refractivity contribution < 1.29 is 9.90 Å². The lowest BCUT2D eigenvalue weighted by Crippen LogP contribution is -2.44. The number of hydrogen-bond acceptors (Lipinski definition) is 3. The zero-order valence-corrected chi connectivity index (χ0v) is 11.2. The highest BCUT2D eigenvalue weighted by molar-refractivity contribution is 5.88. The average molecular weight is 271 g/mol. The lowest BCUT2D eigenvalue weighted by atomic mass is 10.0. The first-order valence-corrected chi connectivity index (χ1v) is 5.84. The monoisotopic (exact) mass is 270 g/mol. The molecule has 1 aromatic rings. The number of aliphatic hydroxyl groups excluding tert-OH is 1. The number of hydrogen-bond donors (Lipinski definition) is 3. The zero-order valence-electron chi connectivity index (χ0n) is 10.3. The van der Waals surface area contributed by atoms with Crippen LogP contribution in [0.2, 0.25) is 0 Å². The number of carbonyl (C=O) groups excluding carboxylic acids is 1. The van der Waals surface area contributed by atoms with E-state index in [9.17, 15) is 9.90 Å². The van der Waals surface area contributed by atoms with E-state index in [0.717, 1.165) is 24.0 Å². The number of aliphatic hydroxyl groups is 1. The van der Waals surface area contributed by atoms with Crippen LogP contribution < -0.4 is 11.1 Å². The Labute approximate surface area is 113 Å². The van der Waals surface area contributed by atoms with Crippen molar-refractivity contribution >= 4 is 18.3 Å². The van der Waals surface area contributed by atoms with E-state index in [4.69, 9.17) is 5.73 Å². The maximum atomic E-state index is 11.6. The molecule has 1 aromatic carbocycles. The van der Waals surface area contributed by atoms with Gasteiger partial charge in [0.05, 0.1) is 11.6 Å². The molecule has 0 bridgehead atoms. The van der Waals surface area contributed by atoms with E-state index in [1.807, 2.05) is 31.2 Å². The number of nitrogens with one attached hydrogen (secondary N) is 1. The Hall–Kier alpha value is -1.10. The van der Waals surface area contributed by atoms with Gasteiger partial charge in [0.25, 0.3) is 0 Å². The molecule has 1 aliphatic rings. The van der Waals surface area contributed by atoms with Crippen LogP contribution >= 0.6 is 12.4 Å². The van der Waals surface area contributed by atoms with Gasteiger partial charge in [0, 0.05) is 6.54 Å². The molecule has 4 N–H and O–H groups in total. The molecule has 1 unspecified atom stereocenters. The maximum Gasteiger partial charge on any atom is 0.240 e. The molecule has 0 aliphatic heterocycles. The standard InChI is InChI=1S/C13H18N2O2.ClH/c1-9-4-2-3-5-10(9)11(16)8-15-12(17)13(14)6-7-13;/h2-5,11,16H,6-8,14H2,1H3,(H,15,17);1H. The predicted octanol–water partition coefficient (Wildman–Crippen LogP) is 1.06. The molecule has 1 aliphatic carbocycles. The summed E-state index contributed by atoms with van der Waals surface area (Å²) in [7, 11) is 0. The number of nitrogens with two attached hydrogens (primary N) is 1. The average Bonchev–Trinajstić information content (AvgIpc) is 3.06. The Morgan fingerprint density at radius 2 is 2.11 bits per heavy atom. The molecular weight excluding hydrogens is 252 g/mol. The highest BCUT2D eigenvalue weighted by Crippen LogP contribution is 2.32. The first kappa shape index (κ1) is 15.0. The van der Waals surface area contributed by atoms with Gasteiger partial charge in [-0.25, -0.2) is 0 Å². The van der Waals surface area contributed by atoms with Crippen LogP contribution in [0.25, 0.3) is 0 Å². The molecule has 0 radical (unpaired) electrons. The van der Waals surface area contributed by atoms with Crippen LogP contribution in [-0.4, -0.2) is 23.1 Å². The van der Waals surface area contributed by atoms with Gasteiger partial charge in [-0.05, 0) is 30.9 Å². The summed E-state index contributed by atoms with van der Waals surface area (Å²) in [6.45, 7) is 2.15. The summed E-state index contributed by atoms with van der Waals surface area (Å²) >= 11 is 0. The number of aryl methyl sites for hydroxylation is 1. The fourth-order valence-corrected chi connectivity index (χ4v) is 1.80. The molecule has 4 nitrogen and oxygen atoms in total. The first-order valence-electron chi connectivity index (χ1n) is 5.84. The van der Waals surface area contributed by atoms with Crippen molar-refractivity contribution in [2.75, 3.05) is 6.54 Å². The summed E-state index contributed by atoms with van der Waals surface area (Å²) in [4.78, 5) is 11.6. The molecule has 0 spiro atoms. The molecule has 2 rings (SSSR count). The number of halogens is 1. The molecule has 1 amide bonds. The predicted molar refractivity (Wildman–Crippen MR) is 72.5 cm³/mol. The molecule has 0 saturated heterocycles. The van der Waals surface area contributed by atoms with E-state index < -0.39 is 11.6 Å². The zero-order chi connectivity index (χ0) is 12.5. The molecule has 0 aromatic heterocycles. The van der Waals surface area contributed by atoms with E-state index in [2.05, 4.69) is 5.32 Å². The maximum absolute atomic E-state index is 11.6. The molecule has 5 heteroatoms. The van der Waals surface area contributed by atoms with Gasteiger partial charge in [-0.3, -0.25) is 4.79 Å². The molecular formula is C13H19ClN2O2. The van der Waals surface area contributed by atoms with E-state index in [0.29, 0.717) is 0 Å². The molecule has 1 saturated carbocycles. The second kappa shape index (κ2) is 5.69. The number of benzene rings is 1. The van der Waals surface area contributed by atoms with Crippen LogP contribution in [0.1, 0.15) is 30.1 Å². The number of rotatable bonds is 4. The van der Waals surface area contributed by atoms with E-state index in [-0.39, 0.29) is 24.9 Å². The fourth-order valence-electron chi connectivity index (χ4n) is 1.80. The van der Waals surface area contributed by atoms with Crippen molar-refractivity contribution in [3.8, 4) is 0 Å². The summed E-state index contributed by atoms with van der Waals surface area (Å²) in [5.41, 5.74) is 6.94. The van der Waals surface area contributed by atoms with Crippen LogP contribution in [0.5, 0.6) is 0 Å². The Morgan fingerprint density at radius 3 is 2.67 bits per heavy atom. The van der Waals surface area contributed by atoms with Gasteiger partial charge < -0.3 is 16.2 Å².